The number of aryl methyl sites for hydroxylation is 1. The van der Waals surface area contributed by atoms with E-state index in [1.807, 2.05) is 36.5 Å². The van der Waals surface area contributed by atoms with Gasteiger partial charge in [-0.15, -0.1) is 0 Å². The first-order chi connectivity index (χ1) is 13.2. The van der Waals surface area contributed by atoms with Crippen molar-refractivity contribution in [3.05, 3.63) is 65.1 Å². The number of nitrogens with zero attached hydrogens (tertiary/aromatic N) is 1. The maximum atomic E-state index is 11.1. The number of aromatic nitrogens is 2. The number of hydrogen-bond donors (Lipinski definition) is 2. The van der Waals surface area contributed by atoms with Crippen LogP contribution in [-0.2, 0) is 20.7 Å². The number of hydrogen-bond acceptors (Lipinski definition) is 4. The van der Waals surface area contributed by atoms with Crippen molar-refractivity contribution in [2.45, 2.75) is 32.1 Å². The fraction of sp³-hybridized carbons (Fsp3) is 0.333. The van der Waals surface area contributed by atoms with E-state index >= 15 is 0 Å². The van der Waals surface area contributed by atoms with Crippen LogP contribution in [0.2, 0.25) is 0 Å². The van der Waals surface area contributed by atoms with Crippen LogP contribution in [0.4, 0.5) is 0 Å². The molecular formula is C21H25N3O3. The summed E-state index contributed by atoms with van der Waals surface area (Å²) in [6, 6.07) is 8.07. The monoisotopic (exact) mass is 367 g/mol. The molecule has 0 fully saturated rings. The fourth-order valence-electron chi connectivity index (χ4n) is 3.01. The molecule has 0 spiro atoms. The third kappa shape index (κ3) is 5.00. The summed E-state index contributed by atoms with van der Waals surface area (Å²) in [5.41, 5.74) is 4.80. The molecule has 0 aliphatic carbocycles. The molecule has 1 aliphatic heterocycles. The van der Waals surface area contributed by atoms with E-state index in [-0.39, 0.29) is 5.97 Å². The van der Waals surface area contributed by atoms with Crippen LogP contribution >= 0.6 is 0 Å². The van der Waals surface area contributed by atoms with Crippen LogP contribution in [0.3, 0.4) is 0 Å². The van der Waals surface area contributed by atoms with E-state index in [1.165, 1.54) is 12.8 Å². The Morgan fingerprint density at radius 2 is 2.07 bits per heavy atom. The Bertz CT molecular complexity index is 857. The molecule has 2 aromatic rings. The predicted molar refractivity (Wildman–Crippen MR) is 105 cm³/mol. The summed E-state index contributed by atoms with van der Waals surface area (Å²) in [6.07, 6.45) is 10.1. The zero-order valence-corrected chi connectivity index (χ0v) is 15.7. The molecule has 3 rings (SSSR count). The average Bonchev–Trinajstić information content (AvgIpc) is 3.42. The van der Waals surface area contributed by atoms with E-state index in [0.717, 1.165) is 54.2 Å². The summed E-state index contributed by atoms with van der Waals surface area (Å²) in [5, 5.41) is 0. The summed E-state index contributed by atoms with van der Waals surface area (Å²) >= 11 is 0. The largest absolute Gasteiger partial charge is 0.494 e. The second-order valence-electron chi connectivity index (χ2n) is 6.40. The van der Waals surface area contributed by atoms with Gasteiger partial charge in [0.15, 0.2) is 0 Å². The van der Waals surface area contributed by atoms with Gasteiger partial charge in [-0.05, 0) is 49.6 Å². The lowest BCUT2D eigenvalue weighted by Crippen LogP contribution is -1.99. The SMILES string of the molecule is COC(=O)CCCCCc1ccc(/C=C2\N=C(c3ccc[nH]3)C=C2OC)[nH]1. The Kier molecular flexibility index (Phi) is 6.30. The van der Waals surface area contributed by atoms with E-state index in [0.29, 0.717) is 6.42 Å². The quantitative estimate of drug-likeness (QED) is 0.519. The number of unbranched alkanes of at least 4 members (excludes halogenated alkanes) is 2. The number of methoxy groups -OCH3 is 2. The molecule has 6 nitrogen and oxygen atoms in total. The first-order valence-corrected chi connectivity index (χ1v) is 9.14. The van der Waals surface area contributed by atoms with Crippen LogP contribution in [0, 0.1) is 0 Å². The van der Waals surface area contributed by atoms with E-state index in [1.54, 1.807) is 7.11 Å². The van der Waals surface area contributed by atoms with Crippen LogP contribution in [0.25, 0.3) is 6.08 Å². The van der Waals surface area contributed by atoms with Crippen LogP contribution in [0.1, 0.15) is 42.8 Å². The highest BCUT2D eigenvalue weighted by Crippen LogP contribution is 2.24. The molecule has 0 amide bonds. The Balaban J connectivity index is 1.58. The van der Waals surface area contributed by atoms with E-state index in [9.17, 15) is 4.79 Å². The van der Waals surface area contributed by atoms with Crippen molar-refractivity contribution in [2.75, 3.05) is 14.2 Å². The molecule has 0 aromatic carbocycles. The van der Waals surface area contributed by atoms with Gasteiger partial charge in [-0.3, -0.25) is 4.79 Å². The van der Waals surface area contributed by atoms with Crippen LogP contribution < -0.4 is 0 Å². The van der Waals surface area contributed by atoms with Crippen molar-refractivity contribution in [1.82, 2.24) is 9.97 Å². The summed E-state index contributed by atoms with van der Waals surface area (Å²) in [6.45, 7) is 0. The van der Waals surface area contributed by atoms with E-state index in [4.69, 9.17) is 4.74 Å². The number of aliphatic imine (C=N–C) groups is 1. The predicted octanol–water partition coefficient (Wildman–Crippen LogP) is 3.99. The number of esters is 1. The number of H-pyrrole nitrogens is 2. The van der Waals surface area contributed by atoms with Crippen molar-refractivity contribution < 1.29 is 14.3 Å². The molecule has 142 valence electrons. The van der Waals surface area contributed by atoms with Crippen molar-refractivity contribution in [3.63, 3.8) is 0 Å². The molecule has 0 saturated heterocycles. The first-order valence-electron chi connectivity index (χ1n) is 9.14. The van der Waals surface area contributed by atoms with E-state index in [2.05, 4.69) is 25.8 Å². The Morgan fingerprint density at radius 1 is 1.19 bits per heavy atom. The summed E-state index contributed by atoms with van der Waals surface area (Å²) in [7, 11) is 3.08. The molecule has 6 heteroatoms. The van der Waals surface area contributed by atoms with Gasteiger partial charge in [0.1, 0.15) is 11.5 Å². The molecule has 3 heterocycles. The second kappa shape index (κ2) is 9.07. The van der Waals surface area contributed by atoms with Gasteiger partial charge in [-0.25, -0.2) is 4.99 Å². The number of aromatic amines is 2. The normalized spacial score (nSPS) is 15.0. The maximum Gasteiger partial charge on any atom is 0.305 e. The molecule has 0 atom stereocenters. The smallest absolute Gasteiger partial charge is 0.305 e. The van der Waals surface area contributed by atoms with Crippen molar-refractivity contribution >= 4 is 17.8 Å². The number of ether oxygens (including phenoxy) is 2. The number of nitrogens with one attached hydrogen (secondary N) is 2. The summed E-state index contributed by atoms with van der Waals surface area (Å²) in [5.74, 6) is 0.611. The van der Waals surface area contributed by atoms with Gasteiger partial charge in [0.25, 0.3) is 0 Å². The summed E-state index contributed by atoms with van der Waals surface area (Å²) in [4.78, 5) is 22.3. The highest BCUT2D eigenvalue weighted by atomic mass is 16.5. The van der Waals surface area contributed by atoms with Gasteiger partial charge < -0.3 is 19.4 Å². The molecule has 2 aromatic heterocycles. The molecule has 0 saturated carbocycles. The minimum atomic E-state index is -0.137. The Hall–Kier alpha value is -3.02. The Labute approximate surface area is 159 Å². The van der Waals surface area contributed by atoms with Gasteiger partial charge in [0.2, 0.25) is 0 Å². The van der Waals surface area contributed by atoms with Crippen LogP contribution in [0.5, 0.6) is 0 Å². The summed E-state index contributed by atoms with van der Waals surface area (Å²) < 4.78 is 10.1. The molecule has 0 unspecified atom stereocenters. The number of carbonyl (C=O) groups is 1. The zero-order chi connectivity index (χ0) is 19.1. The fourth-order valence-corrected chi connectivity index (χ4v) is 3.01. The van der Waals surface area contributed by atoms with Gasteiger partial charge >= 0.3 is 5.97 Å². The standard InChI is InChI=1S/C21H25N3O3/c1-26-20-14-18(17-8-6-12-22-17)24-19(20)13-16-11-10-15(23-16)7-4-3-5-9-21(25)27-2/h6,8,10-14,22-23H,3-5,7,9H2,1-2H3/b19-13-. The van der Waals surface area contributed by atoms with E-state index < -0.39 is 0 Å². The number of carbonyl (C=O) groups excluding carboxylic acids is 1. The van der Waals surface area contributed by atoms with Gasteiger partial charge in [-0.1, -0.05) is 6.42 Å². The first kappa shape index (κ1) is 18.8. The topological polar surface area (TPSA) is 79.5 Å². The molecule has 27 heavy (non-hydrogen) atoms. The lowest BCUT2D eigenvalue weighted by molar-refractivity contribution is -0.140. The lowest BCUT2D eigenvalue weighted by atomic mass is 10.1. The molecule has 1 aliphatic rings. The van der Waals surface area contributed by atoms with Gasteiger partial charge in [0.05, 0.1) is 25.6 Å². The second-order valence-corrected chi connectivity index (χ2v) is 6.40. The Morgan fingerprint density at radius 3 is 2.81 bits per heavy atom. The highest BCUT2D eigenvalue weighted by molar-refractivity contribution is 6.11. The molecule has 2 N–H and O–H groups in total. The van der Waals surface area contributed by atoms with Crippen LogP contribution in [0.15, 0.2) is 53.0 Å². The minimum absolute atomic E-state index is 0.137. The molecule has 0 bridgehead atoms. The zero-order valence-electron chi connectivity index (χ0n) is 15.7. The third-order valence-corrected chi connectivity index (χ3v) is 4.47. The third-order valence-electron chi connectivity index (χ3n) is 4.47. The lowest BCUT2D eigenvalue weighted by Gasteiger charge is -2.01. The van der Waals surface area contributed by atoms with Gasteiger partial charge in [-0.2, -0.15) is 0 Å². The van der Waals surface area contributed by atoms with Crippen molar-refractivity contribution in [1.29, 1.82) is 0 Å². The minimum Gasteiger partial charge on any atom is -0.494 e. The average molecular weight is 367 g/mol. The number of allylic oxidation sites excluding steroid dienone is 1. The van der Waals surface area contributed by atoms with Crippen molar-refractivity contribution in [2.24, 2.45) is 4.99 Å². The molecule has 0 radical (unpaired) electrons. The van der Waals surface area contributed by atoms with Crippen molar-refractivity contribution in [3.8, 4) is 0 Å². The molecular weight excluding hydrogens is 342 g/mol. The maximum absolute atomic E-state index is 11.1. The highest BCUT2D eigenvalue weighted by Gasteiger charge is 2.17. The number of rotatable bonds is 9. The van der Waals surface area contributed by atoms with Crippen LogP contribution in [-0.4, -0.2) is 35.9 Å². The van der Waals surface area contributed by atoms with Gasteiger partial charge in [0, 0.05) is 30.1 Å².